The minimum absolute atomic E-state index is 0.401. The third-order valence-electron chi connectivity index (χ3n) is 2.58. The second-order valence-electron chi connectivity index (χ2n) is 4.05. The molecule has 0 saturated carbocycles. The van der Waals surface area contributed by atoms with E-state index in [2.05, 4.69) is 47.8 Å². The Kier molecular flexibility index (Phi) is 5.23. The molecule has 6 heteroatoms. The van der Waals surface area contributed by atoms with Crippen molar-refractivity contribution in [1.29, 1.82) is 0 Å². The van der Waals surface area contributed by atoms with Gasteiger partial charge in [-0.15, -0.1) is 0 Å². The Morgan fingerprint density at radius 3 is 2.10 bits per heavy atom. The number of carbonyl (C=O) groups excluding carboxylic acids is 1. The Morgan fingerprint density at radius 1 is 1.05 bits per heavy atom. The molecule has 0 aliphatic rings. The molecule has 1 amide bonds. The summed E-state index contributed by atoms with van der Waals surface area (Å²) in [7, 11) is 0. The first-order valence-electron chi connectivity index (χ1n) is 5.63. The van der Waals surface area contributed by atoms with Crippen LogP contribution in [0, 0.1) is 0 Å². The molecule has 2 aromatic carbocycles. The van der Waals surface area contributed by atoms with Crippen LogP contribution in [0.15, 0.2) is 49.8 Å². The van der Waals surface area contributed by atoms with Crippen molar-refractivity contribution in [3.8, 4) is 5.75 Å². The molecule has 0 atom stereocenters. The van der Waals surface area contributed by atoms with Crippen molar-refractivity contribution in [2.75, 3.05) is 0 Å². The summed E-state index contributed by atoms with van der Waals surface area (Å²) in [6, 6.07) is 10.8. The quantitative estimate of drug-likeness (QED) is 0.717. The minimum atomic E-state index is -0.434. The van der Waals surface area contributed by atoms with Crippen LogP contribution in [0.5, 0.6) is 5.75 Å². The van der Waals surface area contributed by atoms with Crippen LogP contribution >= 0.6 is 47.8 Å². The second-order valence-corrected chi connectivity index (χ2v) is 6.67. The van der Waals surface area contributed by atoms with E-state index >= 15 is 0 Å². The van der Waals surface area contributed by atoms with Gasteiger partial charge in [0.25, 0.3) is 0 Å². The lowest BCUT2D eigenvalue weighted by molar-refractivity contribution is 0.1000. The Balaban J connectivity index is 2.11. The van der Waals surface area contributed by atoms with Crippen molar-refractivity contribution in [3.63, 3.8) is 0 Å². The molecule has 2 N–H and O–H groups in total. The Labute approximate surface area is 141 Å². The molecule has 0 spiro atoms. The third kappa shape index (κ3) is 3.84. The summed E-state index contributed by atoms with van der Waals surface area (Å²) in [4.78, 5) is 11.0. The van der Waals surface area contributed by atoms with Crippen LogP contribution in [0.2, 0.25) is 0 Å². The molecule has 0 bridgehead atoms. The first kappa shape index (κ1) is 15.5. The number of primary amides is 1. The van der Waals surface area contributed by atoms with E-state index in [9.17, 15) is 4.79 Å². The number of rotatable bonds is 4. The monoisotopic (exact) mass is 461 g/mol. The highest BCUT2D eigenvalue weighted by molar-refractivity contribution is 9.11. The highest BCUT2D eigenvalue weighted by atomic mass is 79.9. The molecule has 0 heterocycles. The van der Waals surface area contributed by atoms with Crippen LogP contribution < -0.4 is 10.5 Å². The Bertz CT molecular complexity index is 618. The minimum Gasteiger partial charge on any atom is -0.487 e. The fraction of sp³-hybridized carbons (Fsp3) is 0.0714. The molecule has 0 radical (unpaired) electrons. The first-order chi connectivity index (χ1) is 9.47. The lowest BCUT2D eigenvalue weighted by Gasteiger charge is -2.11. The van der Waals surface area contributed by atoms with Crippen LogP contribution in [0.1, 0.15) is 15.9 Å². The lowest BCUT2D eigenvalue weighted by atomic mass is 10.1. The number of benzene rings is 2. The topological polar surface area (TPSA) is 52.3 Å². The molecule has 3 nitrogen and oxygen atoms in total. The molecule has 0 fully saturated rings. The highest BCUT2D eigenvalue weighted by Crippen LogP contribution is 2.36. The van der Waals surface area contributed by atoms with E-state index in [1.807, 2.05) is 24.3 Å². The summed E-state index contributed by atoms with van der Waals surface area (Å²) in [6.45, 7) is 0.401. The zero-order chi connectivity index (χ0) is 14.7. The van der Waals surface area contributed by atoms with E-state index in [1.165, 1.54) is 0 Å². The van der Waals surface area contributed by atoms with E-state index in [0.29, 0.717) is 12.2 Å². The van der Waals surface area contributed by atoms with Crippen molar-refractivity contribution < 1.29 is 9.53 Å². The maximum absolute atomic E-state index is 11.0. The van der Waals surface area contributed by atoms with Crippen LogP contribution in [0.4, 0.5) is 0 Å². The summed E-state index contributed by atoms with van der Waals surface area (Å²) in [5, 5.41) is 0. The van der Waals surface area contributed by atoms with E-state index in [-0.39, 0.29) is 0 Å². The molecule has 20 heavy (non-hydrogen) atoms. The van der Waals surface area contributed by atoms with Crippen LogP contribution in [0.25, 0.3) is 0 Å². The number of halogens is 3. The Hall–Kier alpha value is -0.850. The maximum Gasteiger partial charge on any atom is 0.248 e. The van der Waals surface area contributed by atoms with Gasteiger partial charge in [-0.05, 0) is 61.7 Å². The smallest absolute Gasteiger partial charge is 0.248 e. The molecule has 0 saturated heterocycles. The fourth-order valence-electron chi connectivity index (χ4n) is 1.59. The van der Waals surface area contributed by atoms with Gasteiger partial charge in [-0.3, -0.25) is 4.79 Å². The molecule has 0 unspecified atom stereocenters. The average molecular weight is 464 g/mol. The predicted molar refractivity (Wildman–Crippen MR) is 88.8 cm³/mol. The summed E-state index contributed by atoms with van der Waals surface area (Å²) in [5.41, 5.74) is 6.64. The van der Waals surface area contributed by atoms with Crippen LogP contribution in [-0.4, -0.2) is 5.91 Å². The maximum atomic E-state index is 11.0. The van der Waals surface area contributed by atoms with Crippen molar-refractivity contribution in [2.45, 2.75) is 6.61 Å². The molecule has 2 rings (SSSR count). The van der Waals surface area contributed by atoms with Crippen molar-refractivity contribution in [3.05, 3.63) is 60.9 Å². The molecule has 104 valence electrons. The van der Waals surface area contributed by atoms with Gasteiger partial charge >= 0.3 is 0 Å². The Morgan fingerprint density at radius 2 is 1.60 bits per heavy atom. The normalized spacial score (nSPS) is 10.3. The van der Waals surface area contributed by atoms with Gasteiger partial charge in [0.2, 0.25) is 5.91 Å². The van der Waals surface area contributed by atoms with E-state index in [0.717, 1.165) is 24.7 Å². The number of nitrogens with two attached hydrogens (primary N) is 1. The van der Waals surface area contributed by atoms with Crippen LogP contribution in [0.3, 0.4) is 0 Å². The number of ether oxygens (including phenoxy) is 1. The fourth-order valence-corrected chi connectivity index (χ4v) is 4.08. The molecule has 0 aliphatic heterocycles. The number of amides is 1. The third-order valence-corrected chi connectivity index (χ3v) is 4.22. The van der Waals surface area contributed by atoms with Gasteiger partial charge in [0.05, 0.1) is 8.95 Å². The largest absolute Gasteiger partial charge is 0.487 e. The number of carbonyl (C=O) groups is 1. The second kappa shape index (κ2) is 6.74. The highest BCUT2D eigenvalue weighted by Gasteiger charge is 2.08. The standard InChI is InChI=1S/C14H10Br3NO2/c15-10-5-11(16)13(12(17)6-10)20-7-8-1-3-9(4-2-8)14(18)19/h1-6H,7H2,(H2,18,19). The van der Waals surface area contributed by atoms with E-state index in [1.54, 1.807) is 12.1 Å². The number of hydrogen-bond acceptors (Lipinski definition) is 2. The van der Waals surface area contributed by atoms with Crippen molar-refractivity contribution in [1.82, 2.24) is 0 Å². The van der Waals surface area contributed by atoms with Crippen LogP contribution in [-0.2, 0) is 6.61 Å². The molecular formula is C14H10Br3NO2. The van der Waals surface area contributed by atoms with Gasteiger partial charge in [-0.2, -0.15) is 0 Å². The van der Waals surface area contributed by atoms with Gasteiger partial charge in [-0.1, -0.05) is 28.1 Å². The van der Waals surface area contributed by atoms with Gasteiger partial charge in [0.1, 0.15) is 12.4 Å². The zero-order valence-corrected chi connectivity index (χ0v) is 15.0. The average Bonchev–Trinajstić information content (AvgIpc) is 2.38. The molecular weight excluding hydrogens is 454 g/mol. The number of hydrogen-bond donors (Lipinski definition) is 1. The molecule has 0 aliphatic carbocycles. The van der Waals surface area contributed by atoms with Crippen molar-refractivity contribution in [2.24, 2.45) is 5.73 Å². The zero-order valence-electron chi connectivity index (χ0n) is 10.2. The van der Waals surface area contributed by atoms with Crippen molar-refractivity contribution >= 4 is 53.7 Å². The molecule has 2 aromatic rings. The summed E-state index contributed by atoms with van der Waals surface area (Å²) >= 11 is 10.3. The van der Waals surface area contributed by atoms with Gasteiger partial charge < -0.3 is 10.5 Å². The van der Waals surface area contributed by atoms with Gasteiger partial charge in [0, 0.05) is 10.0 Å². The first-order valence-corrected chi connectivity index (χ1v) is 8.01. The predicted octanol–water partition coefficient (Wildman–Crippen LogP) is 4.65. The van der Waals surface area contributed by atoms with Gasteiger partial charge in [-0.25, -0.2) is 0 Å². The molecule has 0 aromatic heterocycles. The van der Waals surface area contributed by atoms with E-state index < -0.39 is 5.91 Å². The summed E-state index contributed by atoms with van der Waals surface area (Å²) < 4.78 is 8.44. The van der Waals surface area contributed by atoms with Gasteiger partial charge in [0.15, 0.2) is 0 Å². The lowest BCUT2D eigenvalue weighted by Crippen LogP contribution is -2.10. The summed E-state index contributed by atoms with van der Waals surface area (Å²) in [5.74, 6) is 0.294. The van der Waals surface area contributed by atoms with E-state index in [4.69, 9.17) is 10.5 Å². The SMILES string of the molecule is NC(=O)c1ccc(COc2c(Br)cc(Br)cc2Br)cc1. The summed E-state index contributed by atoms with van der Waals surface area (Å²) in [6.07, 6.45) is 0.